The first-order chi connectivity index (χ1) is 18.5. The van der Waals surface area contributed by atoms with Crippen molar-refractivity contribution in [3.63, 3.8) is 0 Å². The maximum atomic E-state index is 5.94. The Hall–Kier alpha value is -1.44. The van der Waals surface area contributed by atoms with Crippen LogP contribution in [0.3, 0.4) is 0 Å². The van der Waals surface area contributed by atoms with Gasteiger partial charge < -0.3 is 48.2 Å². The van der Waals surface area contributed by atoms with Gasteiger partial charge in [0.25, 0.3) is 0 Å². The van der Waals surface area contributed by atoms with Crippen LogP contribution < -0.4 is 21.7 Å². The number of aromatic nitrogens is 3. The number of nitrogens with one attached hydrogen (secondary N) is 3. The number of nitrogens with zero attached hydrogens (tertiary/aromatic N) is 3. The molecule has 0 atom stereocenters. The summed E-state index contributed by atoms with van der Waals surface area (Å²) < 4.78 is 35.6. The van der Waals surface area contributed by atoms with Gasteiger partial charge >= 0.3 is 17.6 Å². The summed E-state index contributed by atoms with van der Waals surface area (Å²) in [5.74, 6) is 1.40. The van der Waals surface area contributed by atoms with E-state index in [9.17, 15) is 0 Å². The smallest absolute Gasteiger partial charge is 0.374 e. The standard InChI is InChI=1S/C23H51N7O6Si2/c1-7-31-37(32-8-2,33-9-3)19-13-16-25-21-28-22(30-23(29-21)27-18-15-24)26-17-14-20-38(34-10-4,35-11-5)36-12-6/h7-20,24H2,1-6H3,(H3,25,26,27,28,29,30). The lowest BCUT2D eigenvalue weighted by Crippen LogP contribution is -2.46. The van der Waals surface area contributed by atoms with E-state index in [0.717, 1.165) is 12.8 Å². The zero-order chi connectivity index (χ0) is 28.1. The molecule has 1 aromatic heterocycles. The van der Waals surface area contributed by atoms with Crippen LogP contribution in [-0.2, 0) is 26.6 Å². The second kappa shape index (κ2) is 20.5. The van der Waals surface area contributed by atoms with Gasteiger partial charge in [-0.05, 0) is 54.4 Å². The van der Waals surface area contributed by atoms with Crippen LogP contribution in [-0.4, -0.2) is 98.4 Å². The average molecular weight is 578 g/mol. The van der Waals surface area contributed by atoms with Crippen LogP contribution in [0.25, 0.3) is 0 Å². The summed E-state index contributed by atoms with van der Waals surface area (Å²) in [4.78, 5) is 13.5. The van der Waals surface area contributed by atoms with Gasteiger partial charge in [0.1, 0.15) is 0 Å². The molecule has 0 aliphatic heterocycles. The molecule has 0 saturated heterocycles. The van der Waals surface area contributed by atoms with E-state index in [0.29, 0.717) is 95.8 Å². The second-order valence-electron chi connectivity index (χ2n) is 8.05. The predicted octanol–water partition coefficient (Wildman–Crippen LogP) is 2.94. The first-order valence-electron chi connectivity index (χ1n) is 14.0. The van der Waals surface area contributed by atoms with Gasteiger partial charge in [0.15, 0.2) is 0 Å². The summed E-state index contributed by atoms with van der Waals surface area (Å²) in [7, 11) is -5.38. The summed E-state index contributed by atoms with van der Waals surface area (Å²) in [6.45, 7) is 17.4. The Labute approximate surface area is 231 Å². The molecular formula is C23H51N7O6Si2. The van der Waals surface area contributed by atoms with E-state index in [1.54, 1.807) is 0 Å². The molecule has 222 valence electrons. The van der Waals surface area contributed by atoms with E-state index in [4.69, 9.17) is 32.3 Å². The molecule has 1 rings (SSSR count). The summed E-state index contributed by atoms with van der Waals surface area (Å²) in [5.41, 5.74) is 5.65. The molecule has 0 aromatic carbocycles. The van der Waals surface area contributed by atoms with E-state index in [1.807, 2.05) is 41.5 Å². The number of rotatable bonds is 25. The molecule has 0 aliphatic carbocycles. The molecule has 0 radical (unpaired) electrons. The van der Waals surface area contributed by atoms with Crippen molar-refractivity contribution in [3.05, 3.63) is 0 Å². The van der Waals surface area contributed by atoms with Crippen LogP contribution in [0, 0.1) is 0 Å². The highest BCUT2D eigenvalue weighted by atomic mass is 28.4. The summed E-state index contributed by atoms with van der Waals surface area (Å²) in [6, 6.07) is 1.41. The van der Waals surface area contributed by atoms with Crippen LogP contribution in [0.1, 0.15) is 54.4 Å². The number of hydrogen-bond donors (Lipinski definition) is 4. The molecule has 0 amide bonds. The van der Waals surface area contributed by atoms with Gasteiger partial charge in [-0.25, -0.2) is 0 Å². The normalized spacial score (nSPS) is 12.1. The zero-order valence-electron chi connectivity index (χ0n) is 24.3. The highest BCUT2D eigenvalue weighted by Crippen LogP contribution is 2.20. The van der Waals surface area contributed by atoms with Crippen molar-refractivity contribution >= 4 is 35.5 Å². The predicted molar refractivity (Wildman–Crippen MR) is 154 cm³/mol. The Balaban J connectivity index is 2.78. The largest absolute Gasteiger partial charge is 0.500 e. The number of anilines is 3. The first kappa shape index (κ1) is 34.6. The molecule has 0 spiro atoms. The lowest BCUT2D eigenvalue weighted by atomic mass is 10.5. The highest BCUT2D eigenvalue weighted by molar-refractivity contribution is 6.61. The Bertz CT molecular complexity index is 655. The monoisotopic (exact) mass is 577 g/mol. The van der Waals surface area contributed by atoms with Gasteiger partial charge in [0.2, 0.25) is 17.8 Å². The minimum atomic E-state index is -2.69. The maximum Gasteiger partial charge on any atom is 0.500 e. The van der Waals surface area contributed by atoms with Crippen molar-refractivity contribution in [2.45, 2.75) is 66.5 Å². The van der Waals surface area contributed by atoms with Gasteiger partial charge in [-0.2, -0.15) is 15.0 Å². The molecule has 0 saturated carbocycles. The van der Waals surface area contributed by atoms with Gasteiger partial charge in [0.05, 0.1) is 0 Å². The topological polar surface area (TPSA) is 156 Å². The summed E-state index contributed by atoms with van der Waals surface area (Å²) in [6.07, 6.45) is 1.57. The van der Waals surface area contributed by atoms with Crippen LogP contribution in [0.4, 0.5) is 17.8 Å². The van der Waals surface area contributed by atoms with Crippen LogP contribution in [0.5, 0.6) is 0 Å². The lowest BCUT2D eigenvalue weighted by Gasteiger charge is -2.28. The van der Waals surface area contributed by atoms with Crippen molar-refractivity contribution in [2.75, 3.05) is 81.8 Å². The molecular weight excluding hydrogens is 526 g/mol. The molecule has 0 unspecified atom stereocenters. The number of nitrogens with two attached hydrogens (primary N) is 1. The molecule has 15 heteroatoms. The van der Waals surface area contributed by atoms with Crippen LogP contribution in [0.2, 0.25) is 12.1 Å². The van der Waals surface area contributed by atoms with Gasteiger partial charge in [-0.1, -0.05) is 0 Å². The van der Waals surface area contributed by atoms with E-state index < -0.39 is 17.6 Å². The fraction of sp³-hybridized carbons (Fsp3) is 0.870. The van der Waals surface area contributed by atoms with Crippen molar-refractivity contribution in [1.29, 1.82) is 0 Å². The Kier molecular flexibility index (Phi) is 18.6. The maximum absolute atomic E-state index is 5.94. The fourth-order valence-electron chi connectivity index (χ4n) is 3.81. The molecule has 38 heavy (non-hydrogen) atoms. The summed E-state index contributed by atoms with van der Waals surface area (Å²) in [5, 5.41) is 9.72. The Morgan fingerprint density at radius 2 is 0.816 bits per heavy atom. The second-order valence-corrected chi connectivity index (χ2v) is 13.5. The highest BCUT2D eigenvalue weighted by Gasteiger charge is 2.40. The average Bonchev–Trinajstić information content (AvgIpc) is 2.89. The SMILES string of the molecule is CCO[Si](CCCNc1nc(NCCN)nc(NCCC[Si](OCC)(OCC)OCC)n1)(OCC)OCC. The number of hydrogen-bond acceptors (Lipinski definition) is 13. The minimum absolute atomic E-state index is 0.457. The van der Waals surface area contributed by atoms with E-state index >= 15 is 0 Å². The molecule has 0 bridgehead atoms. The Morgan fingerprint density at radius 3 is 1.08 bits per heavy atom. The van der Waals surface area contributed by atoms with Crippen LogP contribution >= 0.6 is 0 Å². The zero-order valence-corrected chi connectivity index (χ0v) is 26.3. The van der Waals surface area contributed by atoms with Gasteiger partial charge in [-0.3, -0.25) is 0 Å². The van der Waals surface area contributed by atoms with Gasteiger partial charge in [0, 0.05) is 77.9 Å². The molecule has 0 aliphatic rings. The lowest BCUT2D eigenvalue weighted by molar-refractivity contribution is 0.0702. The minimum Gasteiger partial charge on any atom is -0.374 e. The van der Waals surface area contributed by atoms with Gasteiger partial charge in [-0.15, -0.1) is 0 Å². The van der Waals surface area contributed by atoms with E-state index in [-0.39, 0.29) is 0 Å². The third-order valence-corrected chi connectivity index (χ3v) is 11.4. The molecule has 13 nitrogen and oxygen atoms in total. The van der Waals surface area contributed by atoms with Crippen LogP contribution in [0.15, 0.2) is 0 Å². The van der Waals surface area contributed by atoms with Crippen molar-refractivity contribution in [1.82, 2.24) is 15.0 Å². The first-order valence-corrected chi connectivity index (χ1v) is 17.8. The summed E-state index contributed by atoms with van der Waals surface area (Å²) >= 11 is 0. The fourth-order valence-corrected chi connectivity index (χ4v) is 9.03. The van der Waals surface area contributed by atoms with E-state index in [2.05, 4.69) is 30.9 Å². The molecule has 0 fully saturated rings. The quantitative estimate of drug-likeness (QED) is 0.0994. The van der Waals surface area contributed by atoms with Crippen molar-refractivity contribution in [2.24, 2.45) is 5.73 Å². The van der Waals surface area contributed by atoms with Crippen molar-refractivity contribution in [3.8, 4) is 0 Å². The Morgan fingerprint density at radius 1 is 0.526 bits per heavy atom. The van der Waals surface area contributed by atoms with Crippen molar-refractivity contribution < 1.29 is 26.6 Å². The van der Waals surface area contributed by atoms with E-state index in [1.165, 1.54) is 0 Å². The molecule has 1 aromatic rings. The third-order valence-electron chi connectivity index (χ3n) is 5.13. The molecule has 5 N–H and O–H groups in total. The molecule has 1 heterocycles. The third kappa shape index (κ3) is 13.1.